The molecule has 6 fully saturated rings. The molecule has 0 amide bonds. The summed E-state index contributed by atoms with van der Waals surface area (Å²) in [6.45, 7) is 9.23. The summed E-state index contributed by atoms with van der Waals surface area (Å²) in [5, 5.41) is 25.7. The summed E-state index contributed by atoms with van der Waals surface area (Å²) in [6.07, 6.45) is 6.03. The molecule has 6 rings (SSSR count). The first-order valence-electron chi connectivity index (χ1n) is 12.7. The van der Waals surface area contributed by atoms with E-state index < -0.39 is 17.7 Å². The standard InChI is InChI=1S/C25H39NO6/c1-22-13-18(27)21-16(17(22)6-7-19(22)24(3)29-8-9-30-24)5-4-15-12-25(31-10-11-32-25)14-20(26-28)23(15,21)2/h15-19,21,27-28H,4-14H2,1-3H3/b26-20+/t15-,16-,17+,18-,19+,21-,22+,23-/m1/s1. The van der Waals surface area contributed by atoms with Gasteiger partial charge in [-0.3, -0.25) is 0 Å². The van der Waals surface area contributed by atoms with E-state index in [2.05, 4.69) is 25.9 Å². The van der Waals surface area contributed by atoms with Crippen LogP contribution < -0.4 is 0 Å². The van der Waals surface area contributed by atoms with Crippen LogP contribution in [0.4, 0.5) is 0 Å². The van der Waals surface area contributed by atoms with Crippen molar-refractivity contribution < 1.29 is 29.3 Å². The summed E-state index contributed by atoms with van der Waals surface area (Å²) in [4.78, 5) is 0. The van der Waals surface area contributed by atoms with Gasteiger partial charge in [-0.1, -0.05) is 19.0 Å². The van der Waals surface area contributed by atoms with E-state index in [-0.39, 0.29) is 22.7 Å². The van der Waals surface area contributed by atoms with Gasteiger partial charge >= 0.3 is 0 Å². The van der Waals surface area contributed by atoms with E-state index in [1.165, 1.54) is 0 Å². The molecule has 2 aliphatic heterocycles. The molecule has 32 heavy (non-hydrogen) atoms. The van der Waals surface area contributed by atoms with Crippen LogP contribution in [0.2, 0.25) is 0 Å². The van der Waals surface area contributed by atoms with Crippen LogP contribution in [0.15, 0.2) is 5.16 Å². The first-order chi connectivity index (χ1) is 15.3. The topological polar surface area (TPSA) is 89.7 Å². The van der Waals surface area contributed by atoms with E-state index in [1.54, 1.807) is 0 Å². The molecule has 0 radical (unpaired) electrons. The fourth-order valence-corrected chi connectivity index (χ4v) is 9.65. The molecule has 0 bridgehead atoms. The molecule has 7 heteroatoms. The maximum atomic E-state index is 11.8. The second-order valence-electron chi connectivity index (χ2n) is 12.0. The minimum Gasteiger partial charge on any atom is -0.411 e. The lowest BCUT2D eigenvalue weighted by Crippen LogP contribution is -2.64. The third-order valence-corrected chi connectivity index (χ3v) is 10.9. The normalized spacial score (nSPS) is 52.7. The van der Waals surface area contributed by atoms with Gasteiger partial charge in [0.25, 0.3) is 0 Å². The summed E-state index contributed by atoms with van der Waals surface area (Å²) in [5.41, 5.74) is 0.422. The molecular formula is C25H39NO6. The summed E-state index contributed by atoms with van der Waals surface area (Å²) in [7, 11) is 0. The SMILES string of the molecule is CC1([C@H]2CC[C@H]3[C@H]4CC[C@@H]5CC6(C/C(=N\O)[C@]5(C)[C@H]4[C@H](O)C[C@]23C)OCCO6)OCCO1. The highest BCUT2D eigenvalue weighted by atomic mass is 16.7. The smallest absolute Gasteiger partial charge is 0.174 e. The van der Waals surface area contributed by atoms with Crippen LogP contribution in [0.3, 0.4) is 0 Å². The zero-order chi connectivity index (χ0) is 22.4. The Morgan fingerprint density at radius 2 is 1.56 bits per heavy atom. The van der Waals surface area contributed by atoms with E-state index in [9.17, 15) is 10.3 Å². The molecule has 0 aromatic carbocycles. The molecule has 180 valence electrons. The van der Waals surface area contributed by atoms with Gasteiger partial charge in [0.1, 0.15) is 0 Å². The third-order valence-electron chi connectivity index (χ3n) is 10.9. The molecule has 4 saturated carbocycles. The first-order valence-corrected chi connectivity index (χ1v) is 12.7. The number of aliphatic hydroxyl groups is 1. The lowest BCUT2D eigenvalue weighted by atomic mass is 9.43. The van der Waals surface area contributed by atoms with E-state index in [0.29, 0.717) is 50.6 Å². The maximum Gasteiger partial charge on any atom is 0.174 e. The molecule has 1 spiro atoms. The Labute approximate surface area is 190 Å². The van der Waals surface area contributed by atoms with Gasteiger partial charge in [-0.05, 0) is 68.1 Å². The van der Waals surface area contributed by atoms with Gasteiger partial charge in [-0.2, -0.15) is 0 Å². The number of ether oxygens (including phenoxy) is 4. The molecule has 8 atom stereocenters. The Kier molecular flexibility index (Phi) is 4.86. The Hall–Kier alpha value is -0.730. The van der Waals surface area contributed by atoms with E-state index in [1.807, 2.05) is 0 Å². The summed E-state index contributed by atoms with van der Waals surface area (Å²) >= 11 is 0. The number of rotatable bonds is 1. The highest BCUT2D eigenvalue weighted by Crippen LogP contribution is 2.69. The number of aliphatic hydroxyl groups excluding tert-OH is 1. The van der Waals surface area contributed by atoms with Crippen molar-refractivity contribution >= 4 is 5.71 Å². The Balaban J connectivity index is 1.34. The molecule has 2 saturated heterocycles. The van der Waals surface area contributed by atoms with Gasteiger partial charge in [0.05, 0.1) is 38.2 Å². The second-order valence-corrected chi connectivity index (χ2v) is 12.0. The van der Waals surface area contributed by atoms with Crippen molar-refractivity contribution in [1.29, 1.82) is 0 Å². The first kappa shape index (κ1) is 21.8. The van der Waals surface area contributed by atoms with Gasteiger partial charge in [-0.25, -0.2) is 0 Å². The van der Waals surface area contributed by atoms with Crippen LogP contribution in [0.25, 0.3) is 0 Å². The largest absolute Gasteiger partial charge is 0.411 e. The maximum absolute atomic E-state index is 11.8. The number of nitrogens with zero attached hydrogens (tertiary/aromatic N) is 1. The van der Waals surface area contributed by atoms with Gasteiger partial charge in [0.15, 0.2) is 11.6 Å². The van der Waals surface area contributed by atoms with Crippen molar-refractivity contribution in [3.8, 4) is 0 Å². The Bertz CT molecular complexity index is 789. The molecule has 0 aromatic heterocycles. The van der Waals surface area contributed by atoms with Crippen molar-refractivity contribution in [3.63, 3.8) is 0 Å². The van der Waals surface area contributed by atoms with Gasteiger partial charge < -0.3 is 29.3 Å². The Morgan fingerprint density at radius 3 is 2.25 bits per heavy atom. The number of hydrogen-bond donors (Lipinski definition) is 2. The highest BCUT2D eigenvalue weighted by Gasteiger charge is 2.68. The lowest BCUT2D eigenvalue weighted by Gasteiger charge is -2.63. The molecule has 2 N–H and O–H groups in total. The molecule has 7 nitrogen and oxygen atoms in total. The van der Waals surface area contributed by atoms with Crippen LogP contribution in [-0.4, -0.2) is 60.1 Å². The van der Waals surface area contributed by atoms with Crippen LogP contribution >= 0.6 is 0 Å². The van der Waals surface area contributed by atoms with Gasteiger partial charge in [0, 0.05) is 24.2 Å². The molecule has 4 aliphatic carbocycles. The quantitative estimate of drug-likeness (QED) is 0.470. The van der Waals surface area contributed by atoms with Gasteiger partial charge in [-0.15, -0.1) is 0 Å². The zero-order valence-electron chi connectivity index (χ0n) is 19.7. The second kappa shape index (κ2) is 7.14. The number of hydrogen-bond acceptors (Lipinski definition) is 7. The average molecular weight is 450 g/mol. The van der Waals surface area contributed by atoms with Gasteiger partial charge in [0.2, 0.25) is 0 Å². The molecular weight excluding hydrogens is 410 g/mol. The predicted molar refractivity (Wildman–Crippen MR) is 116 cm³/mol. The molecule has 2 heterocycles. The molecule has 0 unspecified atom stereocenters. The van der Waals surface area contributed by atoms with Crippen molar-refractivity contribution in [2.45, 2.75) is 83.4 Å². The Morgan fingerprint density at radius 1 is 0.875 bits per heavy atom. The lowest BCUT2D eigenvalue weighted by molar-refractivity contribution is -0.233. The van der Waals surface area contributed by atoms with E-state index >= 15 is 0 Å². The fourth-order valence-electron chi connectivity index (χ4n) is 9.65. The van der Waals surface area contributed by atoms with Crippen molar-refractivity contribution in [2.75, 3.05) is 26.4 Å². The zero-order valence-corrected chi connectivity index (χ0v) is 19.7. The molecule has 0 aromatic rings. The van der Waals surface area contributed by atoms with Crippen LogP contribution in [0.1, 0.15) is 65.7 Å². The summed E-state index contributed by atoms with van der Waals surface area (Å²) in [5.74, 6) is 0.441. The van der Waals surface area contributed by atoms with Crippen LogP contribution in [0, 0.1) is 40.4 Å². The molecule has 6 aliphatic rings. The number of fused-ring (bicyclic) bond motifs is 5. The van der Waals surface area contributed by atoms with Crippen LogP contribution in [0.5, 0.6) is 0 Å². The van der Waals surface area contributed by atoms with Crippen LogP contribution in [-0.2, 0) is 18.9 Å². The number of oxime groups is 1. The van der Waals surface area contributed by atoms with E-state index in [4.69, 9.17) is 18.9 Å². The van der Waals surface area contributed by atoms with E-state index in [0.717, 1.165) is 44.2 Å². The minimum atomic E-state index is -0.642. The monoisotopic (exact) mass is 449 g/mol. The van der Waals surface area contributed by atoms with Crippen molar-refractivity contribution in [3.05, 3.63) is 0 Å². The predicted octanol–water partition coefficient (Wildman–Crippen LogP) is 3.56. The highest BCUT2D eigenvalue weighted by molar-refractivity contribution is 5.92. The van der Waals surface area contributed by atoms with Crippen molar-refractivity contribution in [1.82, 2.24) is 0 Å². The fraction of sp³-hybridized carbons (Fsp3) is 0.960. The third kappa shape index (κ3) is 2.75. The minimum absolute atomic E-state index is 0.00699. The van der Waals surface area contributed by atoms with Crippen molar-refractivity contribution in [2.24, 2.45) is 45.6 Å². The summed E-state index contributed by atoms with van der Waals surface area (Å²) < 4.78 is 24.3. The summed E-state index contributed by atoms with van der Waals surface area (Å²) in [6, 6.07) is 0. The average Bonchev–Trinajstić information content (AvgIpc) is 3.47.